The number of rotatable bonds is 4. The van der Waals surface area contributed by atoms with Crippen molar-refractivity contribution >= 4 is 15.9 Å². The molecule has 7 nitrogen and oxygen atoms in total. The average molecular weight is 374 g/mol. The van der Waals surface area contributed by atoms with Gasteiger partial charge in [-0.15, -0.1) is 0 Å². The van der Waals surface area contributed by atoms with Gasteiger partial charge in [-0.1, -0.05) is 17.7 Å². The molecule has 0 aliphatic carbocycles. The molecule has 0 atom stereocenters. The zero-order valence-electron chi connectivity index (χ0n) is 14.8. The van der Waals surface area contributed by atoms with Crippen LogP contribution in [-0.2, 0) is 10.0 Å². The SMILES string of the molecule is Cc1ccc(S(=O)(=O)NC2CCN(C(=O)c3cnccn3)CC2)c(C)c1. The quantitative estimate of drug-likeness (QED) is 0.879. The van der Waals surface area contributed by atoms with Crippen LogP contribution in [0.4, 0.5) is 0 Å². The van der Waals surface area contributed by atoms with E-state index in [4.69, 9.17) is 0 Å². The number of nitrogens with zero attached hydrogens (tertiary/aromatic N) is 3. The summed E-state index contributed by atoms with van der Waals surface area (Å²) < 4.78 is 28.1. The molecule has 2 heterocycles. The molecular formula is C18H22N4O3S. The van der Waals surface area contributed by atoms with Gasteiger partial charge in [-0.3, -0.25) is 9.78 Å². The third kappa shape index (κ3) is 4.08. The topological polar surface area (TPSA) is 92.3 Å². The van der Waals surface area contributed by atoms with Gasteiger partial charge >= 0.3 is 0 Å². The molecule has 8 heteroatoms. The minimum Gasteiger partial charge on any atom is -0.337 e. The second kappa shape index (κ2) is 7.51. The Morgan fingerprint density at radius 2 is 1.92 bits per heavy atom. The van der Waals surface area contributed by atoms with E-state index in [9.17, 15) is 13.2 Å². The fraction of sp³-hybridized carbons (Fsp3) is 0.389. The Kier molecular flexibility index (Phi) is 5.33. The molecule has 0 spiro atoms. The smallest absolute Gasteiger partial charge is 0.274 e. The van der Waals surface area contributed by atoms with Crippen molar-refractivity contribution < 1.29 is 13.2 Å². The summed E-state index contributed by atoms with van der Waals surface area (Å²) in [4.78, 5) is 22.3. The zero-order valence-corrected chi connectivity index (χ0v) is 15.7. The number of carbonyl (C=O) groups is 1. The third-order valence-corrected chi connectivity index (χ3v) is 6.19. The predicted octanol–water partition coefficient (Wildman–Crippen LogP) is 1.68. The number of amides is 1. The van der Waals surface area contributed by atoms with Gasteiger partial charge in [0.25, 0.3) is 5.91 Å². The highest BCUT2D eigenvalue weighted by Gasteiger charge is 2.28. The number of carbonyl (C=O) groups excluding carboxylic acids is 1. The molecule has 0 bridgehead atoms. The van der Waals surface area contributed by atoms with Gasteiger partial charge in [0.2, 0.25) is 10.0 Å². The Balaban J connectivity index is 1.62. The van der Waals surface area contributed by atoms with Crippen LogP contribution in [0, 0.1) is 13.8 Å². The Bertz CT molecular complexity index is 892. The van der Waals surface area contributed by atoms with Crippen LogP contribution in [0.3, 0.4) is 0 Å². The number of aromatic nitrogens is 2. The second-order valence-corrected chi connectivity index (χ2v) is 8.23. The number of sulfonamides is 1. The number of likely N-dealkylation sites (tertiary alicyclic amines) is 1. The number of nitrogens with one attached hydrogen (secondary N) is 1. The Morgan fingerprint density at radius 3 is 2.54 bits per heavy atom. The maximum Gasteiger partial charge on any atom is 0.274 e. The highest BCUT2D eigenvalue weighted by molar-refractivity contribution is 7.89. The third-order valence-electron chi connectivity index (χ3n) is 4.51. The van der Waals surface area contributed by atoms with Crippen LogP contribution in [0.25, 0.3) is 0 Å². The summed E-state index contributed by atoms with van der Waals surface area (Å²) >= 11 is 0. The summed E-state index contributed by atoms with van der Waals surface area (Å²) in [5, 5.41) is 0. The van der Waals surface area contributed by atoms with Crippen LogP contribution in [0.2, 0.25) is 0 Å². The van der Waals surface area contributed by atoms with Gasteiger partial charge in [0.1, 0.15) is 5.69 Å². The number of piperidine rings is 1. The maximum absolute atomic E-state index is 12.7. The van der Waals surface area contributed by atoms with Gasteiger partial charge in [0.05, 0.1) is 11.1 Å². The molecule has 1 aliphatic heterocycles. The molecule has 2 aromatic rings. The Hall–Kier alpha value is -2.32. The summed E-state index contributed by atoms with van der Waals surface area (Å²) in [5.74, 6) is -0.172. The van der Waals surface area contributed by atoms with Crippen molar-refractivity contribution in [1.82, 2.24) is 19.6 Å². The summed E-state index contributed by atoms with van der Waals surface area (Å²) in [6.45, 7) is 4.69. The normalized spacial score (nSPS) is 15.8. The lowest BCUT2D eigenvalue weighted by atomic mass is 10.1. The average Bonchev–Trinajstić information content (AvgIpc) is 2.62. The first-order chi connectivity index (χ1) is 12.4. The molecule has 1 N–H and O–H groups in total. The number of hydrogen-bond acceptors (Lipinski definition) is 5. The van der Waals surface area contributed by atoms with Gasteiger partial charge in [-0.2, -0.15) is 0 Å². The summed E-state index contributed by atoms with van der Waals surface area (Å²) in [6.07, 6.45) is 5.58. The lowest BCUT2D eigenvalue weighted by Crippen LogP contribution is -2.46. The van der Waals surface area contributed by atoms with Crippen LogP contribution in [0.1, 0.15) is 34.5 Å². The Labute approximate surface area is 153 Å². The van der Waals surface area contributed by atoms with E-state index >= 15 is 0 Å². The lowest BCUT2D eigenvalue weighted by Gasteiger charge is -2.32. The van der Waals surface area contributed by atoms with Crippen molar-refractivity contribution in [3.8, 4) is 0 Å². The molecule has 1 saturated heterocycles. The lowest BCUT2D eigenvalue weighted by molar-refractivity contribution is 0.0705. The molecule has 26 heavy (non-hydrogen) atoms. The van der Waals surface area contributed by atoms with Crippen LogP contribution in [0.5, 0.6) is 0 Å². The minimum atomic E-state index is -3.57. The summed E-state index contributed by atoms with van der Waals surface area (Å²) in [5.41, 5.74) is 2.06. The zero-order chi connectivity index (χ0) is 18.7. The summed E-state index contributed by atoms with van der Waals surface area (Å²) in [7, 11) is -3.57. The molecule has 1 aromatic carbocycles. The largest absolute Gasteiger partial charge is 0.337 e. The molecule has 0 unspecified atom stereocenters. The van der Waals surface area contributed by atoms with Crippen LogP contribution < -0.4 is 4.72 Å². The Morgan fingerprint density at radius 1 is 1.19 bits per heavy atom. The first-order valence-corrected chi connectivity index (χ1v) is 10.00. The van der Waals surface area contributed by atoms with Gasteiger partial charge in [-0.25, -0.2) is 18.1 Å². The van der Waals surface area contributed by atoms with E-state index in [1.165, 1.54) is 18.6 Å². The highest BCUT2D eigenvalue weighted by Crippen LogP contribution is 2.19. The van der Waals surface area contributed by atoms with Crippen molar-refractivity contribution in [2.45, 2.75) is 37.6 Å². The van der Waals surface area contributed by atoms with Gasteiger partial charge in [-0.05, 0) is 38.3 Å². The van der Waals surface area contributed by atoms with Crippen LogP contribution in [-0.4, -0.2) is 48.3 Å². The molecule has 3 rings (SSSR count). The van der Waals surface area contributed by atoms with E-state index in [1.807, 2.05) is 13.0 Å². The van der Waals surface area contributed by atoms with Crippen molar-refractivity contribution in [2.24, 2.45) is 0 Å². The van der Waals surface area contributed by atoms with E-state index in [0.29, 0.717) is 36.5 Å². The monoisotopic (exact) mass is 374 g/mol. The number of hydrogen-bond donors (Lipinski definition) is 1. The standard InChI is InChI=1S/C18H22N4O3S/c1-13-3-4-17(14(2)11-13)26(24,25)21-15-5-9-22(10-6-15)18(23)16-12-19-7-8-20-16/h3-4,7-8,11-12,15,21H,5-6,9-10H2,1-2H3. The van der Waals surface area contributed by atoms with Crippen molar-refractivity contribution in [1.29, 1.82) is 0 Å². The molecule has 1 fully saturated rings. The molecular weight excluding hydrogens is 352 g/mol. The second-order valence-electron chi connectivity index (χ2n) is 6.55. The van der Waals surface area contributed by atoms with E-state index in [2.05, 4.69) is 14.7 Å². The van der Waals surface area contributed by atoms with Crippen molar-refractivity contribution in [2.75, 3.05) is 13.1 Å². The first-order valence-electron chi connectivity index (χ1n) is 8.52. The molecule has 138 valence electrons. The first kappa shape index (κ1) is 18.5. The van der Waals surface area contributed by atoms with E-state index < -0.39 is 10.0 Å². The predicted molar refractivity (Wildman–Crippen MR) is 97.2 cm³/mol. The van der Waals surface area contributed by atoms with Crippen molar-refractivity contribution in [3.05, 3.63) is 53.6 Å². The van der Waals surface area contributed by atoms with Gasteiger partial charge in [0.15, 0.2) is 0 Å². The van der Waals surface area contributed by atoms with E-state index in [1.54, 1.807) is 24.0 Å². The summed E-state index contributed by atoms with van der Waals surface area (Å²) in [6, 6.07) is 5.10. The van der Waals surface area contributed by atoms with E-state index in [-0.39, 0.29) is 11.9 Å². The van der Waals surface area contributed by atoms with Gasteiger partial charge < -0.3 is 4.90 Å². The number of aryl methyl sites for hydroxylation is 2. The molecule has 1 aliphatic rings. The molecule has 0 saturated carbocycles. The van der Waals surface area contributed by atoms with Gasteiger partial charge in [0, 0.05) is 31.5 Å². The van der Waals surface area contributed by atoms with Crippen LogP contribution >= 0.6 is 0 Å². The fourth-order valence-corrected chi connectivity index (χ4v) is 4.69. The highest BCUT2D eigenvalue weighted by atomic mass is 32.2. The molecule has 1 aromatic heterocycles. The molecule has 0 radical (unpaired) electrons. The van der Waals surface area contributed by atoms with Crippen molar-refractivity contribution in [3.63, 3.8) is 0 Å². The maximum atomic E-state index is 12.7. The van der Waals surface area contributed by atoms with Crippen LogP contribution in [0.15, 0.2) is 41.7 Å². The number of benzene rings is 1. The van der Waals surface area contributed by atoms with E-state index in [0.717, 1.165) is 11.1 Å². The minimum absolute atomic E-state index is 0.172. The fourth-order valence-electron chi connectivity index (χ4n) is 3.16. The molecule has 1 amide bonds.